The van der Waals surface area contributed by atoms with E-state index in [0.717, 1.165) is 17.0 Å². The van der Waals surface area contributed by atoms with Gasteiger partial charge in [0.05, 0.1) is 11.4 Å². The van der Waals surface area contributed by atoms with Crippen LogP contribution in [0.15, 0.2) is 48.5 Å². The van der Waals surface area contributed by atoms with Gasteiger partial charge in [0.2, 0.25) is 0 Å². The van der Waals surface area contributed by atoms with Crippen molar-refractivity contribution < 1.29 is 8.78 Å². The van der Waals surface area contributed by atoms with E-state index in [2.05, 4.69) is 5.10 Å². The highest BCUT2D eigenvalue weighted by Gasteiger charge is 2.12. The standard InChI is InChI=1S/C20H20F2N2/c1-3-24-20(12-14(2)23-24)17-11-9-15(13-19(17)22)8-10-16-6-4-5-7-18(16)21/h4-7,9,11-13H,3,8,10H2,1-2H3. The van der Waals surface area contributed by atoms with Gasteiger partial charge in [-0.25, -0.2) is 8.78 Å². The van der Waals surface area contributed by atoms with Crippen molar-refractivity contribution in [1.82, 2.24) is 9.78 Å². The molecule has 0 saturated carbocycles. The summed E-state index contributed by atoms with van der Waals surface area (Å²) in [7, 11) is 0. The van der Waals surface area contributed by atoms with Crippen LogP contribution in [0.2, 0.25) is 0 Å². The zero-order valence-electron chi connectivity index (χ0n) is 13.9. The van der Waals surface area contributed by atoms with Crippen molar-refractivity contribution in [2.75, 3.05) is 0 Å². The number of nitrogens with zero attached hydrogens (tertiary/aromatic N) is 2. The van der Waals surface area contributed by atoms with E-state index in [1.165, 1.54) is 6.07 Å². The first-order chi connectivity index (χ1) is 11.6. The molecule has 0 radical (unpaired) electrons. The van der Waals surface area contributed by atoms with Gasteiger partial charge in [-0.2, -0.15) is 5.10 Å². The zero-order chi connectivity index (χ0) is 17.1. The second kappa shape index (κ2) is 6.95. The largest absolute Gasteiger partial charge is 0.265 e. The lowest BCUT2D eigenvalue weighted by atomic mass is 10.0. The second-order valence-corrected chi connectivity index (χ2v) is 5.89. The van der Waals surface area contributed by atoms with E-state index in [4.69, 9.17) is 0 Å². The predicted molar refractivity (Wildman–Crippen MR) is 91.8 cm³/mol. The first-order valence-electron chi connectivity index (χ1n) is 8.15. The van der Waals surface area contributed by atoms with E-state index < -0.39 is 0 Å². The summed E-state index contributed by atoms with van der Waals surface area (Å²) in [4.78, 5) is 0. The number of hydrogen-bond donors (Lipinski definition) is 0. The SMILES string of the molecule is CCn1nc(C)cc1-c1ccc(CCc2ccccc2F)cc1F. The molecule has 0 atom stereocenters. The minimum Gasteiger partial charge on any atom is -0.265 e. The van der Waals surface area contributed by atoms with E-state index in [1.807, 2.05) is 32.0 Å². The van der Waals surface area contributed by atoms with Gasteiger partial charge in [-0.05, 0) is 62.1 Å². The highest BCUT2D eigenvalue weighted by Crippen LogP contribution is 2.25. The average Bonchev–Trinajstić information content (AvgIpc) is 2.95. The Morgan fingerprint density at radius 1 is 0.958 bits per heavy atom. The minimum absolute atomic E-state index is 0.211. The fourth-order valence-electron chi connectivity index (χ4n) is 2.91. The van der Waals surface area contributed by atoms with Crippen molar-refractivity contribution in [1.29, 1.82) is 0 Å². The van der Waals surface area contributed by atoms with Crippen LogP contribution >= 0.6 is 0 Å². The van der Waals surface area contributed by atoms with Gasteiger partial charge < -0.3 is 0 Å². The highest BCUT2D eigenvalue weighted by atomic mass is 19.1. The highest BCUT2D eigenvalue weighted by molar-refractivity contribution is 5.61. The molecule has 0 aliphatic carbocycles. The summed E-state index contributed by atoms with van der Waals surface area (Å²) >= 11 is 0. The topological polar surface area (TPSA) is 17.8 Å². The zero-order valence-corrected chi connectivity index (χ0v) is 13.9. The molecule has 0 spiro atoms. The van der Waals surface area contributed by atoms with Crippen LogP contribution in [-0.4, -0.2) is 9.78 Å². The number of aryl methyl sites for hydroxylation is 4. The molecule has 0 fully saturated rings. The summed E-state index contributed by atoms with van der Waals surface area (Å²) < 4.78 is 30.0. The minimum atomic E-state index is -0.268. The molecule has 4 heteroatoms. The van der Waals surface area contributed by atoms with Crippen LogP contribution in [-0.2, 0) is 19.4 Å². The van der Waals surface area contributed by atoms with E-state index >= 15 is 0 Å². The first kappa shape index (κ1) is 16.4. The number of rotatable bonds is 5. The van der Waals surface area contributed by atoms with E-state index in [0.29, 0.717) is 30.5 Å². The lowest BCUT2D eigenvalue weighted by molar-refractivity contribution is 0.607. The quantitative estimate of drug-likeness (QED) is 0.649. The van der Waals surface area contributed by atoms with E-state index in [1.54, 1.807) is 28.9 Å². The Morgan fingerprint density at radius 3 is 2.46 bits per heavy atom. The third kappa shape index (κ3) is 3.37. The smallest absolute Gasteiger partial charge is 0.132 e. The summed E-state index contributed by atoms with van der Waals surface area (Å²) in [6, 6.07) is 13.8. The van der Waals surface area contributed by atoms with Gasteiger partial charge in [0.15, 0.2) is 0 Å². The Morgan fingerprint density at radius 2 is 1.75 bits per heavy atom. The van der Waals surface area contributed by atoms with Crippen LogP contribution in [0.25, 0.3) is 11.3 Å². The Kier molecular flexibility index (Phi) is 4.74. The Bertz CT molecular complexity index is 853. The van der Waals surface area contributed by atoms with Crippen LogP contribution in [0.4, 0.5) is 8.78 Å². The predicted octanol–water partition coefficient (Wildman–Crippen LogP) is 4.94. The number of benzene rings is 2. The molecule has 3 rings (SSSR count). The molecule has 0 saturated heterocycles. The van der Waals surface area contributed by atoms with Gasteiger partial charge in [0, 0.05) is 12.1 Å². The molecule has 0 aliphatic heterocycles. The molecule has 1 heterocycles. The van der Waals surface area contributed by atoms with Gasteiger partial charge >= 0.3 is 0 Å². The molecule has 3 aromatic rings. The summed E-state index contributed by atoms with van der Waals surface area (Å²) in [5.74, 6) is -0.479. The average molecular weight is 326 g/mol. The molecule has 0 bridgehead atoms. The van der Waals surface area contributed by atoms with Crippen LogP contribution in [0.1, 0.15) is 23.7 Å². The normalized spacial score (nSPS) is 11.0. The molecular formula is C20H20F2N2. The molecule has 2 aromatic carbocycles. The Labute approximate surface area is 140 Å². The second-order valence-electron chi connectivity index (χ2n) is 5.89. The van der Waals surface area contributed by atoms with Crippen LogP contribution in [0.5, 0.6) is 0 Å². The number of aromatic nitrogens is 2. The van der Waals surface area contributed by atoms with Gasteiger partial charge in [-0.1, -0.05) is 24.3 Å². The van der Waals surface area contributed by atoms with Crippen LogP contribution < -0.4 is 0 Å². The summed E-state index contributed by atoms with van der Waals surface area (Å²) in [5, 5.41) is 4.36. The van der Waals surface area contributed by atoms with Crippen molar-refractivity contribution in [2.24, 2.45) is 0 Å². The molecule has 2 nitrogen and oxygen atoms in total. The van der Waals surface area contributed by atoms with Gasteiger partial charge in [0.25, 0.3) is 0 Å². The van der Waals surface area contributed by atoms with Crippen molar-refractivity contribution in [2.45, 2.75) is 33.2 Å². The van der Waals surface area contributed by atoms with Gasteiger partial charge in [-0.15, -0.1) is 0 Å². The lowest BCUT2D eigenvalue weighted by Gasteiger charge is -2.08. The molecule has 124 valence electrons. The Hall–Kier alpha value is -2.49. The molecule has 0 amide bonds. The maximum Gasteiger partial charge on any atom is 0.132 e. The lowest BCUT2D eigenvalue weighted by Crippen LogP contribution is -2.01. The fourth-order valence-corrected chi connectivity index (χ4v) is 2.91. The maximum atomic E-state index is 14.6. The van der Waals surface area contributed by atoms with Crippen LogP contribution in [0.3, 0.4) is 0 Å². The maximum absolute atomic E-state index is 14.6. The number of hydrogen-bond acceptors (Lipinski definition) is 1. The fraction of sp³-hybridized carbons (Fsp3) is 0.250. The first-order valence-corrected chi connectivity index (χ1v) is 8.15. The third-order valence-electron chi connectivity index (χ3n) is 4.15. The van der Waals surface area contributed by atoms with E-state index in [9.17, 15) is 8.78 Å². The van der Waals surface area contributed by atoms with Crippen LogP contribution in [0, 0.1) is 18.6 Å². The molecule has 1 aromatic heterocycles. The summed E-state index contributed by atoms with van der Waals surface area (Å²) in [6.45, 7) is 4.57. The third-order valence-corrected chi connectivity index (χ3v) is 4.15. The Balaban J connectivity index is 1.81. The van der Waals surface area contributed by atoms with Crippen molar-refractivity contribution in [3.05, 3.63) is 77.0 Å². The van der Waals surface area contributed by atoms with Crippen molar-refractivity contribution >= 4 is 0 Å². The summed E-state index contributed by atoms with van der Waals surface area (Å²) in [6.07, 6.45) is 1.15. The molecular weight excluding hydrogens is 306 g/mol. The van der Waals surface area contributed by atoms with Crippen molar-refractivity contribution in [3.8, 4) is 11.3 Å². The number of halogens is 2. The monoisotopic (exact) mass is 326 g/mol. The molecule has 0 unspecified atom stereocenters. The van der Waals surface area contributed by atoms with Crippen molar-refractivity contribution in [3.63, 3.8) is 0 Å². The molecule has 0 N–H and O–H groups in total. The molecule has 0 aliphatic rings. The summed E-state index contributed by atoms with van der Waals surface area (Å²) in [5.41, 5.74) is 3.72. The van der Waals surface area contributed by atoms with Gasteiger partial charge in [0.1, 0.15) is 11.6 Å². The molecule has 24 heavy (non-hydrogen) atoms. The van der Waals surface area contributed by atoms with Gasteiger partial charge in [-0.3, -0.25) is 4.68 Å². The van der Waals surface area contributed by atoms with E-state index in [-0.39, 0.29) is 11.6 Å².